The number of hydrogen-bond donors (Lipinski definition) is 1. The van der Waals surface area contributed by atoms with E-state index >= 15 is 0 Å². The summed E-state index contributed by atoms with van der Waals surface area (Å²) in [5.41, 5.74) is 3.40. The van der Waals surface area contributed by atoms with Crippen molar-refractivity contribution in [1.29, 1.82) is 0 Å². The van der Waals surface area contributed by atoms with Gasteiger partial charge in [0.15, 0.2) is 17.3 Å². The number of ether oxygens (including phenoxy) is 2. The predicted octanol–water partition coefficient (Wildman–Crippen LogP) is 2.69. The van der Waals surface area contributed by atoms with E-state index in [9.17, 15) is 9.59 Å². The third-order valence-electron chi connectivity index (χ3n) is 5.36. The number of carbonyl (C=O) groups is 2. The summed E-state index contributed by atoms with van der Waals surface area (Å²) in [6.45, 7) is 7.36. The van der Waals surface area contributed by atoms with Crippen LogP contribution in [-0.4, -0.2) is 56.1 Å². The van der Waals surface area contributed by atoms with Crippen molar-refractivity contribution in [1.82, 2.24) is 4.90 Å². The highest BCUT2D eigenvalue weighted by Gasteiger charge is 2.23. The summed E-state index contributed by atoms with van der Waals surface area (Å²) in [4.78, 5) is 29.1. The summed E-state index contributed by atoms with van der Waals surface area (Å²) < 4.78 is 10.7. The molecular weight excluding hydrogens is 370 g/mol. The fourth-order valence-corrected chi connectivity index (χ4v) is 3.79. The normalized spacial score (nSPS) is 16.0. The largest absolute Gasteiger partial charge is 0.454 e. The van der Waals surface area contributed by atoms with E-state index in [0.717, 1.165) is 26.2 Å². The number of nitrogens with one attached hydrogen (secondary N) is 1. The molecular formula is C22H25N3O4. The number of para-hydroxylation sites is 1. The number of hydrogen-bond acceptors (Lipinski definition) is 6. The van der Waals surface area contributed by atoms with Gasteiger partial charge in [0.25, 0.3) is 0 Å². The number of piperazine rings is 1. The maximum atomic E-state index is 12.6. The molecule has 0 bridgehead atoms. The van der Waals surface area contributed by atoms with Gasteiger partial charge in [-0.2, -0.15) is 0 Å². The molecule has 1 fully saturated rings. The van der Waals surface area contributed by atoms with Crippen LogP contribution in [0.4, 0.5) is 11.4 Å². The van der Waals surface area contributed by atoms with Crippen LogP contribution >= 0.6 is 0 Å². The lowest BCUT2D eigenvalue weighted by molar-refractivity contribution is -0.117. The zero-order valence-corrected chi connectivity index (χ0v) is 16.7. The highest BCUT2D eigenvalue weighted by atomic mass is 16.7. The van der Waals surface area contributed by atoms with Gasteiger partial charge in [0.1, 0.15) is 0 Å². The van der Waals surface area contributed by atoms with E-state index in [1.54, 1.807) is 12.1 Å². The van der Waals surface area contributed by atoms with Crippen molar-refractivity contribution in [2.45, 2.75) is 13.8 Å². The van der Waals surface area contributed by atoms with E-state index in [4.69, 9.17) is 9.47 Å². The van der Waals surface area contributed by atoms with E-state index in [1.807, 2.05) is 6.07 Å². The number of aryl methyl sites for hydroxylation is 1. The van der Waals surface area contributed by atoms with Gasteiger partial charge in [0.05, 0.1) is 12.2 Å². The minimum Gasteiger partial charge on any atom is -0.454 e. The van der Waals surface area contributed by atoms with Crippen LogP contribution in [0.5, 0.6) is 11.5 Å². The molecule has 0 spiro atoms. The Bertz CT molecular complexity index is 936. The standard InChI is InChI=1S/C22H25N3O4/c1-15-5-3-4-6-19(15)25-9-7-24(8-10-25)13-22(27)23-18-12-21-20(28-14-29-21)11-17(18)16(2)26/h3-6,11-12H,7-10,13-14H2,1-2H3,(H,23,27). The van der Waals surface area contributed by atoms with E-state index in [-0.39, 0.29) is 25.0 Å². The number of carbonyl (C=O) groups excluding carboxylic acids is 2. The van der Waals surface area contributed by atoms with Crippen LogP contribution in [0.1, 0.15) is 22.8 Å². The summed E-state index contributed by atoms with van der Waals surface area (Å²) in [5.74, 6) is 0.791. The second kappa shape index (κ2) is 8.13. The number of anilines is 2. The number of fused-ring (bicyclic) bond motifs is 1. The Morgan fingerprint density at radius 3 is 2.41 bits per heavy atom. The topological polar surface area (TPSA) is 71.1 Å². The van der Waals surface area contributed by atoms with Gasteiger partial charge in [0, 0.05) is 43.5 Å². The Morgan fingerprint density at radius 1 is 1.03 bits per heavy atom. The number of Topliss-reactive ketones (excluding diaryl/α,β-unsaturated/α-hetero) is 1. The zero-order chi connectivity index (χ0) is 20.4. The van der Waals surface area contributed by atoms with Crippen LogP contribution in [0.25, 0.3) is 0 Å². The van der Waals surface area contributed by atoms with E-state index in [2.05, 4.69) is 40.2 Å². The number of nitrogens with zero attached hydrogens (tertiary/aromatic N) is 2. The van der Waals surface area contributed by atoms with Crippen LogP contribution in [0, 0.1) is 6.92 Å². The predicted molar refractivity (Wildman–Crippen MR) is 111 cm³/mol. The highest BCUT2D eigenvalue weighted by Crippen LogP contribution is 2.37. The van der Waals surface area contributed by atoms with Crippen LogP contribution < -0.4 is 19.7 Å². The van der Waals surface area contributed by atoms with E-state index in [0.29, 0.717) is 22.7 Å². The Morgan fingerprint density at radius 2 is 1.72 bits per heavy atom. The SMILES string of the molecule is CC(=O)c1cc2c(cc1NC(=O)CN1CCN(c3ccccc3C)CC1)OCO2. The molecule has 0 saturated carbocycles. The summed E-state index contributed by atoms with van der Waals surface area (Å²) in [7, 11) is 0. The van der Waals surface area contributed by atoms with Crippen molar-refractivity contribution in [3.8, 4) is 11.5 Å². The first-order chi connectivity index (χ1) is 14.0. The van der Waals surface area contributed by atoms with Crippen molar-refractivity contribution in [2.24, 2.45) is 0 Å². The van der Waals surface area contributed by atoms with Gasteiger partial charge in [-0.1, -0.05) is 18.2 Å². The minimum absolute atomic E-state index is 0.120. The second-order valence-electron chi connectivity index (χ2n) is 7.41. The van der Waals surface area contributed by atoms with Crippen molar-refractivity contribution >= 4 is 23.1 Å². The number of rotatable bonds is 5. The summed E-state index contributed by atoms with van der Waals surface area (Å²) >= 11 is 0. The Labute approximate surface area is 170 Å². The molecule has 29 heavy (non-hydrogen) atoms. The Balaban J connectivity index is 1.36. The molecule has 2 aromatic rings. The second-order valence-corrected chi connectivity index (χ2v) is 7.41. The molecule has 0 atom stereocenters. The van der Waals surface area contributed by atoms with Gasteiger partial charge in [-0.3, -0.25) is 14.5 Å². The van der Waals surface area contributed by atoms with E-state index < -0.39 is 0 Å². The smallest absolute Gasteiger partial charge is 0.238 e. The number of ketones is 1. The monoisotopic (exact) mass is 395 g/mol. The Kier molecular flexibility index (Phi) is 5.40. The quantitative estimate of drug-likeness (QED) is 0.785. The molecule has 2 aliphatic heterocycles. The van der Waals surface area contributed by atoms with Gasteiger partial charge in [-0.15, -0.1) is 0 Å². The summed E-state index contributed by atoms with van der Waals surface area (Å²) in [5, 5.41) is 2.87. The average Bonchev–Trinajstić information content (AvgIpc) is 3.16. The number of amides is 1. The fourth-order valence-electron chi connectivity index (χ4n) is 3.79. The van der Waals surface area contributed by atoms with Crippen LogP contribution in [0.2, 0.25) is 0 Å². The van der Waals surface area contributed by atoms with E-state index in [1.165, 1.54) is 18.2 Å². The first-order valence-electron chi connectivity index (χ1n) is 9.78. The summed E-state index contributed by atoms with van der Waals surface area (Å²) in [6.07, 6.45) is 0. The molecule has 1 N–H and O–H groups in total. The minimum atomic E-state index is -0.143. The van der Waals surface area contributed by atoms with Gasteiger partial charge >= 0.3 is 0 Å². The van der Waals surface area contributed by atoms with Gasteiger partial charge in [-0.25, -0.2) is 0 Å². The third-order valence-corrected chi connectivity index (χ3v) is 5.36. The molecule has 7 heteroatoms. The molecule has 0 aliphatic carbocycles. The van der Waals surface area contributed by atoms with Crippen LogP contribution in [-0.2, 0) is 4.79 Å². The molecule has 2 aliphatic rings. The first kappa shape index (κ1) is 19.3. The molecule has 0 aromatic heterocycles. The first-order valence-corrected chi connectivity index (χ1v) is 9.78. The van der Waals surface area contributed by atoms with Gasteiger partial charge < -0.3 is 19.7 Å². The lowest BCUT2D eigenvalue weighted by Crippen LogP contribution is -2.48. The van der Waals surface area contributed by atoms with Crippen molar-refractivity contribution in [2.75, 3.05) is 49.7 Å². The maximum Gasteiger partial charge on any atom is 0.238 e. The lowest BCUT2D eigenvalue weighted by atomic mass is 10.1. The maximum absolute atomic E-state index is 12.6. The highest BCUT2D eigenvalue weighted by molar-refractivity contribution is 6.05. The molecule has 1 amide bonds. The molecule has 7 nitrogen and oxygen atoms in total. The number of benzene rings is 2. The molecule has 4 rings (SSSR count). The Hall–Kier alpha value is -3.06. The molecule has 1 saturated heterocycles. The zero-order valence-electron chi connectivity index (χ0n) is 16.7. The molecule has 0 unspecified atom stereocenters. The lowest BCUT2D eigenvalue weighted by Gasteiger charge is -2.36. The van der Waals surface area contributed by atoms with Crippen molar-refractivity contribution in [3.63, 3.8) is 0 Å². The molecule has 152 valence electrons. The average molecular weight is 395 g/mol. The van der Waals surface area contributed by atoms with Crippen LogP contribution in [0.15, 0.2) is 36.4 Å². The van der Waals surface area contributed by atoms with Crippen molar-refractivity contribution < 1.29 is 19.1 Å². The fraction of sp³-hybridized carbons (Fsp3) is 0.364. The summed E-state index contributed by atoms with van der Waals surface area (Å²) in [6, 6.07) is 11.6. The molecule has 0 radical (unpaired) electrons. The molecule has 2 heterocycles. The third kappa shape index (κ3) is 4.19. The van der Waals surface area contributed by atoms with Crippen molar-refractivity contribution in [3.05, 3.63) is 47.5 Å². The van der Waals surface area contributed by atoms with Gasteiger partial charge in [0.2, 0.25) is 12.7 Å². The molecule has 2 aromatic carbocycles. The van der Waals surface area contributed by atoms with Gasteiger partial charge in [-0.05, 0) is 31.5 Å². The van der Waals surface area contributed by atoms with Crippen LogP contribution in [0.3, 0.4) is 0 Å².